The van der Waals surface area contributed by atoms with E-state index in [1.165, 1.54) is 0 Å². The SMILES string of the molecule is CC1(C)OB(CCCCC(NC(c2ccccc2)(c2ccccc2)c2ccccc2)c2nnnn2Cc2ccc(Cl)cc2Cl)OC1(C)C. The van der Waals surface area contributed by atoms with Crippen molar-refractivity contribution in [2.24, 2.45) is 0 Å². The van der Waals surface area contributed by atoms with E-state index in [0.717, 1.165) is 53.7 Å². The van der Waals surface area contributed by atoms with Crippen LogP contribution in [-0.2, 0) is 21.4 Å². The fraction of sp³-hybridized carbons (Fsp3) is 0.342. The molecule has 0 saturated carbocycles. The van der Waals surface area contributed by atoms with Gasteiger partial charge >= 0.3 is 7.12 Å². The number of benzene rings is 4. The Kier molecular flexibility index (Phi) is 10.4. The Morgan fingerprint density at radius 1 is 0.771 bits per heavy atom. The fourth-order valence-corrected chi connectivity index (χ4v) is 6.94. The lowest BCUT2D eigenvalue weighted by atomic mass is 9.76. The van der Waals surface area contributed by atoms with E-state index in [0.29, 0.717) is 16.6 Å². The van der Waals surface area contributed by atoms with Crippen LogP contribution in [0.3, 0.4) is 0 Å². The van der Waals surface area contributed by atoms with Crippen LogP contribution < -0.4 is 5.32 Å². The molecule has 4 aromatic carbocycles. The summed E-state index contributed by atoms with van der Waals surface area (Å²) in [6.07, 6.45) is 3.37. The highest BCUT2D eigenvalue weighted by molar-refractivity contribution is 6.45. The lowest BCUT2D eigenvalue weighted by Crippen LogP contribution is -2.47. The zero-order valence-electron chi connectivity index (χ0n) is 27.9. The number of nitrogens with one attached hydrogen (secondary N) is 1. The van der Waals surface area contributed by atoms with Crippen molar-refractivity contribution in [1.82, 2.24) is 25.5 Å². The van der Waals surface area contributed by atoms with E-state index < -0.39 is 5.54 Å². The van der Waals surface area contributed by atoms with E-state index in [2.05, 4.69) is 121 Å². The summed E-state index contributed by atoms with van der Waals surface area (Å²) < 4.78 is 14.5. The summed E-state index contributed by atoms with van der Waals surface area (Å²) in [4.78, 5) is 0. The molecular weight excluding hydrogens is 640 g/mol. The van der Waals surface area contributed by atoms with Crippen LogP contribution >= 0.6 is 23.2 Å². The molecule has 1 atom stereocenters. The van der Waals surface area contributed by atoms with Gasteiger partial charge < -0.3 is 9.31 Å². The van der Waals surface area contributed by atoms with Gasteiger partial charge in [-0.3, -0.25) is 5.32 Å². The van der Waals surface area contributed by atoms with Crippen LogP contribution in [0.5, 0.6) is 0 Å². The van der Waals surface area contributed by atoms with Crippen molar-refractivity contribution < 1.29 is 9.31 Å². The van der Waals surface area contributed by atoms with Gasteiger partial charge in [-0.25, -0.2) is 4.68 Å². The third-order valence-corrected chi connectivity index (χ3v) is 10.3. The van der Waals surface area contributed by atoms with Crippen molar-refractivity contribution in [3.05, 3.63) is 147 Å². The van der Waals surface area contributed by atoms with Gasteiger partial charge in [0.1, 0.15) is 0 Å². The lowest BCUT2D eigenvalue weighted by molar-refractivity contribution is 0.00578. The van der Waals surface area contributed by atoms with Crippen LogP contribution in [-0.4, -0.2) is 38.5 Å². The van der Waals surface area contributed by atoms with E-state index >= 15 is 0 Å². The number of nitrogens with zero attached hydrogens (tertiary/aromatic N) is 4. The molecule has 7 nitrogen and oxygen atoms in total. The minimum atomic E-state index is -0.713. The zero-order chi connectivity index (χ0) is 33.8. The molecule has 5 aromatic rings. The molecule has 0 spiro atoms. The van der Waals surface area contributed by atoms with Gasteiger partial charge in [0.15, 0.2) is 5.82 Å². The smallest absolute Gasteiger partial charge is 0.403 e. The molecule has 1 aromatic heterocycles. The van der Waals surface area contributed by atoms with Crippen LogP contribution in [0, 0.1) is 0 Å². The van der Waals surface area contributed by atoms with Crippen molar-refractivity contribution in [2.45, 2.75) is 82.6 Å². The summed E-state index contributed by atoms with van der Waals surface area (Å²) in [7, 11) is -0.240. The van der Waals surface area contributed by atoms with Gasteiger partial charge in [0.25, 0.3) is 0 Å². The number of tetrazole rings is 1. The Bertz CT molecular complexity index is 1670. The molecular formula is C38H42BCl2N5O2. The summed E-state index contributed by atoms with van der Waals surface area (Å²) in [5, 5.41) is 18.6. The highest BCUT2D eigenvalue weighted by Gasteiger charge is 2.50. The Hall–Kier alpha value is -3.53. The highest BCUT2D eigenvalue weighted by atomic mass is 35.5. The van der Waals surface area contributed by atoms with Gasteiger partial charge in [0.05, 0.1) is 29.3 Å². The maximum absolute atomic E-state index is 6.62. The van der Waals surface area contributed by atoms with E-state index in [1.54, 1.807) is 6.07 Å². The molecule has 248 valence electrons. The topological polar surface area (TPSA) is 74.1 Å². The number of unbranched alkanes of at least 4 members (excludes halogenated alkanes) is 1. The number of rotatable bonds is 13. The van der Waals surface area contributed by atoms with Crippen LogP contribution in [0.25, 0.3) is 0 Å². The van der Waals surface area contributed by atoms with E-state index in [4.69, 9.17) is 32.5 Å². The standard InChI is InChI=1S/C38H42BCl2N5O2/c1-36(2)37(3,4)48-39(47-36)25-15-14-22-34(35-43-44-45-46(35)27-28-23-24-32(40)26-33(28)41)42-38(29-16-8-5-9-17-29,30-18-10-6-11-19-30)31-20-12-7-13-21-31/h5-13,16-21,23-24,26,34,42H,14-15,22,25,27H2,1-4H3. The average molecular weight is 683 g/mol. The first-order valence-electron chi connectivity index (χ1n) is 16.6. The van der Waals surface area contributed by atoms with Crippen molar-refractivity contribution in [1.29, 1.82) is 0 Å². The predicted molar refractivity (Wildman–Crippen MR) is 193 cm³/mol. The molecule has 2 heterocycles. The average Bonchev–Trinajstić information content (AvgIpc) is 3.63. The molecule has 0 aliphatic carbocycles. The van der Waals surface area contributed by atoms with Gasteiger partial charge in [-0.1, -0.05) is 133 Å². The van der Waals surface area contributed by atoms with Crippen LogP contribution in [0.15, 0.2) is 109 Å². The zero-order valence-corrected chi connectivity index (χ0v) is 29.5. The normalized spacial score (nSPS) is 16.2. The third kappa shape index (κ3) is 7.24. The molecule has 0 radical (unpaired) electrons. The maximum Gasteiger partial charge on any atom is 0.457 e. The van der Waals surface area contributed by atoms with E-state index in [1.807, 2.05) is 35.0 Å². The molecule has 1 fully saturated rings. The van der Waals surface area contributed by atoms with Gasteiger partial charge in [-0.05, 0) is 85.2 Å². The second kappa shape index (κ2) is 14.5. The number of aromatic nitrogens is 4. The lowest BCUT2D eigenvalue weighted by Gasteiger charge is -2.40. The summed E-state index contributed by atoms with van der Waals surface area (Å²) in [6.45, 7) is 8.78. The first kappa shape index (κ1) is 34.3. The quantitative estimate of drug-likeness (QED) is 0.0760. The molecule has 1 aliphatic rings. The highest BCUT2D eigenvalue weighted by Crippen LogP contribution is 2.41. The van der Waals surface area contributed by atoms with Gasteiger partial charge in [-0.15, -0.1) is 5.10 Å². The first-order chi connectivity index (χ1) is 23.1. The minimum absolute atomic E-state index is 0.240. The molecule has 1 N–H and O–H groups in total. The third-order valence-electron chi connectivity index (χ3n) is 9.70. The Morgan fingerprint density at radius 2 is 1.31 bits per heavy atom. The minimum Gasteiger partial charge on any atom is -0.403 e. The molecule has 0 bridgehead atoms. The van der Waals surface area contributed by atoms with Crippen LogP contribution in [0.1, 0.15) is 81.1 Å². The van der Waals surface area contributed by atoms with Crippen LogP contribution in [0.2, 0.25) is 16.4 Å². The van der Waals surface area contributed by atoms with Gasteiger partial charge in [0, 0.05) is 10.0 Å². The first-order valence-corrected chi connectivity index (χ1v) is 17.3. The Labute approximate surface area is 294 Å². The second-order valence-electron chi connectivity index (χ2n) is 13.4. The Balaban J connectivity index is 1.38. The second-order valence-corrected chi connectivity index (χ2v) is 14.3. The van der Waals surface area contributed by atoms with Crippen molar-refractivity contribution in [2.75, 3.05) is 0 Å². The summed E-state index contributed by atoms with van der Waals surface area (Å²) in [5.41, 5.74) is 2.81. The Morgan fingerprint density at radius 3 is 1.83 bits per heavy atom. The van der Waals surface area contributed by atoms with Crippen molar-refractivity contribution in [3.63, 3.8) is 0 Å². The molecule has 10 heteroatoms. The monoisotopic (exact) mass is 681 g/mol. The van der Waals surface area contributed by atoms with Gasteiger partial charge in [0.2, 0.25) is 0 Å². The molecule has 1 unspecified atom stereocenters. The molecule has 1 aliphatic heterocycles. The molecule has 1 saturated heterocycles. The largest absolute Gasteiger partial charge is 0.457 e. The number of hydrogen-bond acceptors (Lipinski definition) is 6. The predicted octanol–water partition coefficient (Wildman–Crippen LogP) is 8.91. The summed E-state index contributed by atoms with van der Waals surface area (Å²) in [6, 6.07) is 37.0. The van der Waals surface area contributed by atoms with E-state index in [-0.39, 0.29) is 24.4 Å². The summed E-state index contributed by atoms with van der Waals surface area (Å²) >= 11 is 12.8. The van der Waals surface area contributed by atoms with Gasteiger partial charge in [-0.2, -0.15) is 0 Å². The summed E-state index contributed by atoms with van der Waals surface area (Å²) in [5.74, 6) is 0.726. The molecule has 48 heavy (non-hydrogen) atoms. The van der Waals surface area contributed by atoms with Crippen molar-refractivity contribution in [3.8, 4) is 0 Å². The van der Waals surface area contributed by atoms with Crippen LogP contribution in [0.4, 0.5) is 0 Å². The molecule has 0 amide bonds. The van der Waals surface area contributed by atoms with Crippen molar-refractivity contribution >= 4 is 30.3 Å². The van der Waals surface area contributed by atoms with E-state index in [9.17, 15) is 0 Å². The number of halogens is 2. The maximum atomic E-state index is 6.62. The fourth-order valence-electron chi connectivity index (χ4n) is 6.47. The molecule has 6 rings (SSSR count). The number of hydrogen-bond donors (Lipinski definition) is 1.